The zero-order chi connectivity index (χ0) is 13.9. The monoisotopic (exact) mass is 286 g/mol. The summed E-state index contributed by atoms with van der Waals surface area (Å²) in [6.45, 7) is 3.06. The minimum atomic E-state index is 0.634. The van der Waals surface area contributed by atoms with Gasteiger partial charge >= 0.3 is 0 Å². The second-order valence-electron chi connectivity index (χ2n) is 5.44. The lowest BCUT2D eigenvalue weighted by Crippen LogP contribution is -2.22. The molecule has 0 amide bonds. The molecule has 1 aliphatic heterocycles. The lowest BCUT2D eigenvalue weighted by molar-refractivity contribution is 0.261. The van der Waals surface area contributed by atoms with E-state index in [4.69, 9.17) is 17.3 Å². The molecule has 0 unspecified atom stereocenters. The van der Waals surface area contributed by atoms with Crippen LogP contribution in [0, 0.1) is 0 Å². The fourth-order valence-corrected chi connectivity index (χ4v) is 2.97. The van der Waals surface area contributed by atoms with Gasteiger partial charge in [-0.25, -0.2) is 0 Å². The molecule has 2 aromatic rings. The Bertz CT molecular complexity index is 610. The van der Waals surface area contributed by atoms with Crippen LogP contribution >= 0.6 is 11.6 Å². The highest BCUT2D eigenvalue weighted by Crippen LogP contribution is 2.23. The summed E-state index contributed by atoms with van der Waals surface area (Å²) in [5.74, 6) is 0. The maximum absolute atomic E-state index is 5.98. The minimum Gasteiger partial charge on any atom is -0.398 e. The molecule has 0 radical (unpaired) electrons. The average molecular weight is 287 g/mol. The van der Waals surface area contributed by atoms with Crippen molar-refractivity contribution >= 4 is 17.3 Å². The van der Waals surface area contributed by atoms with Crippen molar-refractivity contribution in [2.24, 2.45) is 0 Å². The summed E-state index contributed by atoms with van der Waals surface area (Å²) in [6, 6.07) is 14.7. The van der Waals surface area contributed by atoms with Gasteiger partial charge in [-0.2, -0.15) is 0 Å². The Morgan fingerprint density at radius 3 is 2.70 bits per heavy atom. The molecule has 104 valence electrons. The number of fused-ring (bicyclic) bond motifs is 1. The first-order valence-corrected chi connectivity index (χ1v) is 7.43. The quantitative estimate of drug-likeness (QED) is 0.849. The van der Waals surface area contributed by atoms with Gasteiger partial charge in [-0.05, 0) is 48.2 Å². The van der Waals surface area contributed by atoms with Crippen molar-refractivity contribution in [1.82, 2.24) is 4.90 Å². The second-order valence-corrected chi connectivity index (χ2v) is 5.85. The molecule has 1 aliphatic rings. The molecule has 2 nitrogen and oxygen atoms in total. The highest BCUT2D eigenvalue weighted by Gasteiger charge is 2.14. The highest BCUT2D eigenvalue weighted by atomic mass is 35.5. The van der Waals surface area contributed by atoms with Crippen molar-refractivity contribution in [3.63, 3.8) is 0 Å². The number of benzene rings is 2. The third-order valence-electron chi connectivity index (χ3n) is 3.90. The lowest BCUT2D eigenvalue weighted by atomic mass is 10.0. The van der Waals surface area contributed by atoms with Crippen LogP contribution in [0.2, 0.25) is 5.02 Å². The topological polar surface area (TPSA) is 29.3 Å². The SMILES string of the molecule is Nc1cc(CN2CCCc3ccccc3C2)ccc1Cl. The summed E-state index contributed by atoms with van der Waals surface area (Å²) in [5.41, 5.74) is 10.7. The predicted octanol–water partition coefficient (Wildman–Crippen LogP) is 3.87. The van der Waals surface area contributed by atoms with Crippen LogP contribution in [-0.2, 0) is 19.5 Å². The van der Waals surface area contributed by atoms with Crippen LogP contribution in [-0.4, -0.2) is 11.4 Å². The number of nitrogens with two attached hydrogens (primary N) is 1. The van der Waals surface area contributed by atoms with E-state index in [0.29, 0.717) is 10.7 Å². The first kappa shape index (κ1) is 13.5. The molecule has 0 fully saturated rings. The molecule has 1 heterocycles. The molecule has 0 bridgehead atoms. The predicted molar refractivity (Wildman–Crippen MR) is 84.7 cm³/mol. The molecule has 20 heavy (non-hydrogen) atoms. The van der Waals surface area contributed by atoms with Crippen molar-refractivity contribution in [2.45, 2.75) is 25.9 Å². The zero-order valence-corrected chi connectivity index (χ0v) is 12.2. The van der Waals surface area contributed by atoms with E-state index in [1.165, 1.54) is 29.5 Å². The fraction of sp³-hybridized carbons (Fsp3) is 0.294. The Kier molecular flexibility index (Phi) is 3.95. The Morgan fingerprint density at radius 2 is 1.90 bits per heavy atom. The smallest absolute Gasteiger partial charge is 0.0635 e. The average Bonchev–Trinajstić information content (AvgIpc) is 2.64. The third kappa shape index (κ3) is 2.97. The number of nitrogens with zero attached hydrogens (tertiary/aromatic N) is 1. The summed E-state index contributed by atoms with van der Waals surface area (Å²) in [5, 5.41) is 0.634. The maximum Gasteiger partial charge on any atom is 0.0635 e. The molecule has 0 saturated heterocycles. The molecule has 0 saturated carbocycles. The molecule has 0 aliphatic carbocycles. The van der Waals surface area contributed by atoms with Crippen LogP contribution in [0.25, 0.3) is 0 Å². The van der Waals surface area contributed by atoms with Gasteiger partial charge in [-0.3, -0.25) is 4.90 Å². The Hall–Kier alpha value is -1.51. The minimum absolute atomic E-state index is 0.634. The molecule has 0 atom stereocenters. The first-order valence-electron chi connectivity index (χ1n) is 7.05. The van der Waals surface area contributed by atoms with Gasteiger partial charge in [0.25, 0.3) is 0 Å². The highest BCUT2D eigenvalue weighted by molar-refractivity contribution is 6.33. The molecule has 2 aromatic carbocycles. The van der Waals surface area contributed by atoms with Gasteiger partial charge in [-0.15, -0.1) is 0 Å². The van der Waals surface area contributed by atoms with E-state index in [2.05, 4.69) is 35.2 Å². The van der Waals surface area contributed by atoms with E-state index in [1.54, 1.807) is 0 Å². The standard InChI is InChI=1S/C17H19ClN2/c18-16-8-7-13(10-17(16)19)11-20-9-3-6-14-4-1-2-5-15(14)12-20/h1-2,4-5,7-8,10H,3,6,9,11-12,19H2. The van der Waals surface area contributed by atoms with E-state index in [0.717, 1.165) is 19.6 Å². The van der Waals surface area contributed by atoms with Gasteiger partial charge in [-0.1, -0.05) is 41.9 Å². The summed E-state index contributed by atoms with van der Waals surface area (Å²) in [6.07, 6.45) is 2.38. The van der Waals surface area contributed by atoms with Gasteiger partial charge in [0, 0.05) is 13.1 Å². The molecule has 3 rings (SSSR count). The van der Waals surface area contributed by atoms with Gasteiger partial charge in [0.15, 0.2) is 0 Å². The largest absolute Gasteiger partial charge is 0.398 e. The molecule has 0 aromatic heterocycles. The molecular formula is C17H19ClN2. The van der Waals surface area contributed by atoms with Crippen molar-refractivity contribution in [1.29, 1.82) is 0 Å². The Balaban J connectivity index is 1.76. The van der Waals surface area contributed by atoms with Crippen LogP contribution < -0.4 is 5.73 Å². The van der Waals surface area contributed by atoms with Crippen LogP contribution in [0.1, 0.15) is 23.1 Å². The zero-order valence-electron chi connectivity index (χ0n) is 11.5. The molecular weight excluding hydrogens is 268 g/mol. The lowest BCUT2D eigenvalue weighted by Gasteiger charge is -2.20. The molecule has 3 heteroatoms. The van der Waals surface area contributed by atoms with Crippen LogP contribution in [0.3, 0.4) is 0 Å². The fourth-order valence-electron chi connectivity index (χ4n) is 2.85. The van der Waals surface area contributed by atoms with Crippen molar-refractivity contribution in [3.8, 4) is 0 Å². The van der Waals surface area contributed by atoms with E-state index in [-0.39, 0.29) is 0 Å². The van der Waals surface area contributed by atoms with Crippen molar-refractivity contribution in [3.05, 3.63) is 64.2 Å². The molecule has 0 spiro atoms. The van der Waals surface area contributed by atoms with Crippen LogP contribution in [0.15, 0.2) is 42.5 Å². The molecule has 2 N–H and O–H groups in total. The number of anilines is 1. The maximum atomic E-state index is 5.98. The van der Waals surface area contributed by atoms with Gasteiger partial charge < -0.3 is 5.73 Å². The first-order chi connectivity index (χ1) is 9.72. The number of halogens is 1. The normalized spacial score (nSPS) is 15.7. The third-order valence-corrected chi connectivity index (χ3v) is 4.24. The summed E-state index contributed by atoms with van der Waals surface area (Å²) < 4.78 is 0. The van der Waals surface area contributed by atoms with Gasteiger partial charge in [0.05, 0.1) is 10.7 Å². The van der Waals surface area contributed by atoms with Gasteiger partial charge in [0.2, 0.25) is 0 Å². The van der Waals surface area contributed by atoms with E-state index < -0.39 is 0 Å². The summed E-state index contributed by atoms with van der Waals surface area (Å²) in [7, 11) is 0. The van der Waals surface area contributed by atoms with E-state index >= 15 is 0 Å². The number of nitrogen functional groups attached to an aromatic ring is 1. The Morgan fingerprint density at radius 1 is 1.10 bits per heavy atom. The number of hydrogen-bond acceptors (Lipinski definition) is 2. The number of rotatable bonds is 2. The Labute approximate surface area is 125 Å². The van der Waals surface area contributed by atoms with E-state index in [9.17, 15) is 0 Å². The summed E-state index contributed by atoms with van der Waals surface area (Å²) in [4.78, 5) is 2.48. The van der Waals surface area contributed by atoms with Gasteiger partial charge in [0.1, 0.15) is 0 Å². The van der Waals surface area contributed by atoms with Crippen LogP contribution in [0.5, 0.6) is 0 Å². The van der Waals surface area contributed by atoms with Crippen molar-refractivity contribution in [2.75, 3.05) is 12.3 Å². The number of hydrogen-bond donors (Lipinski definition) is 1. The van der Waals surface area contributed by atoms with Crippen molar-refractivity contribution < 1.29 is 0 Å². The van der Waals surface area contributed by atoms with Crippen LogP contribution in [0.4, 0.5) is 5.69 Å². The second kappa shape index (κ2) is 5.86. The number of aryl methyl sites for hydroxylation is 1. The summed E-state index contributed by atoms with van der Waals surface area (Å²) >= 11 is 5.98. The van der Waals surface area contributed by atoms with E-state index in [1.807, 2.05) is 12.1 Å².